The molecule has 10 rings (SSSR count). The van der Waals surface area contributed by atoms with E-state index in [0.29, 0.717) is 0 Å². The molecular weight excluding hydrogens is 224 g/mol. The van der Waals surface area contributed by atoms with Crippen molar-refractivity contribution in [2.75, 3.05) is 0 Å². The predicted octanol–water partition coefficient (Wildman–Crippen LogP) is 3.38. The third-order valence-corrected chi connectivity index (χ3v) is 57.2. The molecule has 4 atom stereocenters. The number of hydrogen-bond acceptors (Lipinski definition) is 0. The van der Waals surface area contributed by atoms with Gasteiger partial charge < -0.3 is 0 Å². The van der Waals surface area contributed by atoms with Crippen molar-refractivity contribution in [3.8, 4) is 24.2 Å². The predicted molar refractivity (Wildman–Crippen MR) is 53.1 cm³/mol. The van der Waals surface area contributed by atoms with Crippen LogP contribution >= 0.6 is 0 Å². The van der Waals surface area contributed by atoms with Crippen molar-refractivity contribution in [2.24, 2.45) is 0 Å². The SMILES string of the molecule is C#CC#C[C]12[CH]3[CH]4[CH]5[CH]1[Fe]45321678[CH]2[CH]1[CH]6[CH]7[CH]28. The first-order valence-corrected chi connectivity index (χ1v) is 12.6. The third kappa shape index (κ3) is 0.0390. The van der Waals surface area contributed by atoms with E-state index in [2.05, 4.69) is 17.8 Å². The number of rotatable bonds is 0. The fraction of sp³-hybridized carbons (Fsp3) is 0.714. The summed E-state index contributed by atoms with van der Waals surface area (Å²) in [6.07, 6.45) is 5.38. The van der Waals surface area contributed by atoms with Gasteiger partial charge in [-0.15, -0.1) is 0 Å². The van der Waals surface area contributed by atoms with E-state index in [1.807, 2.05) is 0 Å². The molecule has 74 valence electrons. The van der Waals surface area contributed by atoms with Crippen LogP contribution in [0.5, 0.6) is 0 Å². The summed E-state index contributed by atoms with van der Waals surface area (Å²) in [6, 6.07) is 0. The van der Waals surface area contributed by atoms with Gasteiger partial charge in [0.2, 0.25) is 0 Å². The third-order valence-electron chi connectivity index (χ3n) is 15.0. The Hall–Kier alpha value is -0.361. The Balaban J connectivity index is 1.82. The monoisotopic (exact) mass is 234 g/mol. The summed E-state index contributed by atoms with van der Waals surface area (Å²) in [6.45, 7) is -2.84. The second kappa shape index (κ2) is 0.335. The van der Waals surface area contributed by atoms with Gasteiger partial charge in [-0.05, 0) is 0 Å². The van der Waals surface area contributed by atoms with Crippen LogP contribution < -0.4 is 0 Å². The fourth-order valence-corrected chi connectivity index (χ4v) is 89.6. The van der Waals surface area contributed by atoms with E-state index in [4.69, 9.17) is 6.42 Å². The van der Waals surface area contributed by atoms with E-state index in [1.54, 1.807) is 0 Å². The number of terminal acetylenes is 1. The average molecular weight is 234 g/mol. The van der Waals surface area contributed by atoms with Gasteiger partial charge in [-0.3, -0.25) is 0 Å². The van der Waals surface area contributed by atoms with Crippen molar-refractivity contribution < 1.29 is 6.51 Å². The van der Waals surface area contributed by atoms with Crippen LogP contribution in [0.15, 0.2) is 0 Å². The van der Waals surface area contributed by atoms with Crippen LogP contribution in [0.3, 0.4) is 0 Å². The Kier molecular flexibility index (Phi) is 0.109. The molecule has 0 aromatic rings. The van der Waals surface area contributed by atoms with E-state index < -0.39 is 6.51 Å². The normalized spacial score (nSPS) is 132. The maximum absolute atomic E-state index is 5.38. The Morgan fingerprint density at radius 2 is 1.40 bits per heavy atom. The quantitative estimate of drug-likeness (QED) is 0.445. The number of hydrogen-bond donors (Lipinski definition) is 0. The van der Waals surface area contributed by atoms with Gasteiger partial charge >= 0.3 is 78.4 Å². The molecule has 10 aliphatic heterocycles. The molecule has 10 aliphatic rings. The first-order valence-electron chi connectivity index (χ1n) is 6.30. The molecule has 15 heavy (non-hydrogen) atoms. The van der Waals surface area contributed by atoms with Gasteiger partial charge in [0.1, 0.15) is 0 Å². The topological polar surface area (TPSA) is 0 Å². The van der Waals surface area contributed by atoms with Crippen LogP contribution in [0.25, 0.3) is 0 Å². The molecule has 0 aliphatic carbocycles. The van der Waals surface area contributed by atoms with Crippen molar-refractivity contribution in [2.45, 2.75) is 47.7 Å². The van der Waals surface area contributed by atoms with E-state index in [0.717, 1.165) is 4.31 Å². The molecule has 0 aromatic heterocycles. The molecule has 10 heterocycles. The first-order chi connectivity index (χ1) is 7.11. The molecule has 0 saturated carbocycles. The molecular formula is C14H10Fe. The minimum absolute atomic E-state index is 0.742. The molecule has 0 nitrogen and oxygen atoms in total. The summed E-state index contributed by atoms with van der Waals surface area (Å²) in [5, 5.41) is 0. The standard InChI is InChI=1S/C9H5.C5H5.Fe/c1-2-3-6-9-7-4-5-8-9;1-2-4-5-3-1;/h1,4-5,7-8H;1-5H;. The molecule has 0 bridgehead atoms. The van der Waals surface area contributed by atoms with Gasteiger partial charge in [0, 0.05) is 0 Å². The van der Waals surface area contributed by atoms with E-state index in [1.165, 1.54) is 43.3 Å². The van der Waals surface area contributed by atoms with Crippen molar-refractivity contribution >= 4 is 0 Å². The van der Waals surface area contributed by atoms with Crippen LogP contribution in [0, 0.1) is 24.2 Å². The van der Waals surface area contributed by atoms with Gasteiger partial charge in [0.05, 0.1) is 0 Å². The van der Waals surface area contributed by atoms with Gasteiger partial charge in [0.15, 0.2) is 0 Å². The van der Waals surface area contributed by atoms with Crippen molar-refractivity contribution in [3.05, 3.63) is 0 Å². The summed E-state index contributed by atoms with van der Waals surface area (Å²) in [7, 11) is 0. The summed E-state index contributed by atoms with van der Waals surface area (Å²) in [5.41, 5.74) is 0. The van der Waals surface area contributed by atoms with Crippen LogP contribution in [-0.4, -0.2) is 0 Å². The van der Waals surface area contributed by atoms with Crippen LogP contribution in [0.4, 0.5) is 0 Å². The van der Waals surface area contributed by atoms with E-state index in [9.17, 15) is 0 Å². The zero-order chi connectivity index (χ0) is 9.13. The van der Waals surface area contributed by atoms with Crippen molar-refractivity contribution in [1.29, 1.82) is 0 Å². The van der Waals surface area contributed by atoms with Crippen LogP contribution in [-0.2, 0) is 6.51 Å². The number of fused-ring (bicyclic) bond motifs is 10. The molecule has 0 radical (unpaired) electrons. The molecule has 10 fully saturated rings. The Morgan fingerprint density at radius 1 is 0.867 bits per heavy atom. The molecule has 0 amide bonds. The fourth-order valence-electron chi connectivity index (χ4n) is 16.6. The van der Waals surface area contributed by atoms with Crippen molar-refractivity contribution in [1.82, 2.24) is 0 Å². The summed E-state index contributed by atoms with van der Waals surface area (Å²) < 4.78 is 0.742. The molecule has 0 aromatic carbocycles. The summed E-state index contributed by atoms with van der Waals surface area (Å²) in [5.74, 6) is 9.43. The molecule has 0 N–H and O–H groups in total. The Labute approximate surface area is 78.5 Å². The second-order valence-electron chi connectivity index (χ2n) is 10.1. The van der Waals surface area contributed by atoms with Gasteiger partial charge in [0.25, 0.3) is 0 Å². The molecule has 4 unspecified atom stereocenters. The zero-order valence-electron chi connectivity index (χ0n) is 8.13. The zero-order valence-corrected chi connectivity index (χ0v) is 9.23. The summed E-state index contributed by atoms with van der Waals surface area (Å²) in [4.78, 5) is 12.3. The molecule has 1 spiro atoms. The Bertz CT molecular complexity index is 962. The van der Waals surface area contributed by atoms with Crippen LogP contribution in [0.2, 0.25) is 47.7 Å². The van der Waals surface area contributed by atoms with Gasteiger partial charge in [-0.1, -0.05) is 0 Å². The van der Waals surface area contributed by atoms with Gasteiger partial charge in [-0.25, -0.2) is 0 Å². The van der Waals surface area contributed by atoms with E-state index >= 15 is 0 Å². The average Bonchev–Trinajstić information content (AvgIpc) is 3.18. The van der Waals surface area contributed by atoms with Crippen molar-refractivity contribution in [3.63, 3.8) is 0 Å². The first kappa shape index (κ1) is 4.87. The molecule has 1 heteroatoms. The minimum atomic E-state index is -2.84. The summed E-state index contributed by atoms with van der Waals surface area (Å²) >= 11 is 0. The van der Waals surface area contributed by atoms with E-state index in [-0.39, 0.29) is 0 Å². The second-order valence-corrected chi connectivity index (χ2v) is 33.6. The maximum atomic E-state index is 5.38. The molecule has 10 saturated heterocycles. The van der Waals surface area contributed by atoms with Crippen LogP contribution in [0.1, 0.15) is 0 Å². The van der Waals surface area contributed by atoms with Gasteiger partial charge in [-0.2, -0.15) is 0 Å². The Morgan fingerprint density at radius 3 is 1.67 bits per heavy atom.